The number of hydrogen-bond acceptors (Lipinski definition) is 13. The average Bonchev–Trinajstić information content (AvgIpc) is 3.14. The zero-order valence-electron chi connectivity index (χ0n) is 31.8. The van der Waals surface area contributed by atoms with Gasteiger partial charge in [-0.15, -0.1) is 0 Å². The fourth-order valence-corrected chi connectivity index (χ4v) is 5.03. The molecular formula is C36H62N4O15. The summed E-state index contributed by atoms with van der Waals surface area (Å²) in [6.07, 6.45) is 8.89. The second kappa shape index (κ2) is 35.6. The Morgan fingerprint density at radius 1 is 0.527 bits per heavy atom. The fraction of sp³-hybridized carbons (Fsp3) is 0.778. The molecule has 0 aliphatic heterocycles. The SMILES string of the molecule is O=CCOCCOCCNC(C=O)OCCOCCNC(=O)CC[C@@H](NC(=O)CC[C@H](NC(=O)CCCCCCCCCCCCC(=O)O)C(=O)O)C(=O)O. The molecule has 19 nitrogen and oxygen atoms in total. The van der Waals surface area contributed by atoms with Crippen molar-refractivity contribution >= 4 is 48.2 Å². The first-order chi connectivity index (χ1) is 26.5. The summed E-state index contributed by atoms with van der Waals surface area (Å²) in [7, 11) is 0. The third kappa shape index (κ3) is 33.1. The van der Waals surface area contributed by atoms with Gasteiger partial charge in [-0.2, -0.15) is 0 Å². The van der Waals surface area contributed by atoms with Crippen molar-refractivity contribution < 1.29 is 72.6 Å². The third-order valence-corrected chi connectivity index (χ3v) is 8.00. The molecule has 1 unspecified atom stereocenters. The van der Waals surface area contributed by atoms with Gasteiger partial charge in [0.1, 0.15) is 25.0 Å². The molecule has 0 fully saturated rings. The van der Waals surface area contributed by atoms with E-state index in [2.05, 4.69) is 21.3 Å². The van der Waals surface area contributed by atoms with Crippen LogP contribution in [0.15, 0.2) is 0 Å². The maximum absolute atomic E-state index is 12.4. The van der Waals surface area contributed by atoms with E-state index in [1.165, 1.54) is 0 Å². The summed E-state index contributed by atoms with van der Waals surface area (Å²) in [6, 6.07) is -2.71. The first-order valence-electron chi connectivity index (χ1n) is 19.0. The number of aliphatic carboxylic acids is 3. The van der Waals surface area contributed by atoms with Crippen LogP contribution in [0.5, 0.6) is 0 Å². The Morgan fingerprint density at radius 3 is 1.53 bits per heavy atom. The van der Waals surface area contributed by atoms with Gasteiger partial charge in [-0.3, -0.25) is 29.3 Å². The largest absolute Gasteiger partial charge is 0.481 e. The van der Waals surface area contributed by atoms with Crippen LogP contribution >= 0.6 is 0 Å². The van der Waals surface area contributed by atoms with E-state index in [0.29, 0.717) is 45.2 Å². The molecule has 0 bridgehead atoms. The lowest BCUT2D eigenvalue weighted by Crippen LogP contribution is -2.44. The zero-order valence-corrected chi connectivity index (χ0v) is 31.8. The summed E-state index contributed by atoms with van der Waals surface area (Å²) in [5.74, 6) is -5.10. The monoisotopic (exact) mass is 790 g/mol. The molecule has 0 aromatic carbocycles. The zero-order chi connectivity index (χ0) is 40.9. The number of carbonyl (C=O) groups is 8. The van der Waals surface area contributed by atoms with Crippen LogP contribution in [-0.2, 0) is 57.3 Å². The Morgan fingerprint density at radius 2 is 1.00 bits per heavy atom. The molecule has 7 N–H and O–H groups in total. The average molecular weight is 791 g/mol. The highest BCUT2D eigenvalue weighted by Crippen LogP contribution is 2.12. The number of carbonyl (C=O) groups excluding carboxylic acids is 5. The van der Waals surface area contributed by atoms with Crippen LogP contribution in [0, 0.1) is 0 Å². The van der Waals surface area contributed by atoms with E-state index in [1.807, 2.05) is 0 Å². The Hall–Kier alpha value is -4.04. The summed E-state index contributed by atoms with van der Waals surface area (Å²) >= 11 is 0. The van der Waals surface area contributed by atoms with E-state index >= 15 is 0 Å². The Labute approximate surface area is 322 Å². The number of nitrogens with one attached hydrogen (secondary N) is 4. The van der Waals surface area contributed by atoms with E-state index in [9.17, 15) is 48.6 Å². The molecule has 55 heavy (non-hydrogen) atoms. The highest BCUT2D eigenvalue weighted by Gasteiger charge is 2.24. The van der Waals surface area contributed by atoms with Crippen LogP contribution in [-0.4, -0.2) is 141 Å². The van der Waals surface area contributed by atoms with E-state index in [-0.39, 0.29) is 78.1 Å². The minimum absolute atomic E-state index is 0.00447. The molecule has 0 saturated heterocycles. The van der Waals surface area contributed by atoms with Crippen LogP contribution in [0.25, 0.3) is 0 Å². The van der Waals surface area contributed by atoms with E-state index < -0.39 is 53.9 Å². The van der Waals surface area contributed by atoms with Crippen molar-refractivity contribution in [3.05, 3.63) is 0 Å². The molecule has 0 radical (unpaired) electrons. The molecule has 316 valence electrons. The second-order valence-electron chi connectivity index (χ2n) is 12.6. The summed E-state index contributed by atoms with van der Waals surface area (Å²) in [6.45, 7) is 1.69. The van der Waals surface area contributed by atoms with Crippen LogP contribution in [0.2, 0.25) is 0 Å². The minimum atomic E-state index is -1.39. The highest BCUT2D eigenvalue weighted by atomic mass is 16.5. The Balaban J connectivity index is 4.12. The molecule has 0 spiro atoms. The predicted molar refractivity (Wildman–Crippen MR) is 196 cm³/mol. The molecule has 0 aliphatic rings. The summed E-state index contributed by atoms with van der Waals surface area (Å²) in [4.78, 5) is 92.1. The Kier molecular flexibility index (Phi) is 33.0. The fourth-order valence-electron chi connectivity index (χ4n) is 5.03. The summed E-state index contributed by atoms with van der Waals surface area (Å²) in [5, 5.41) is 37.8. The first kappa shape index (κ1) is 51.0. The number of rotatable bonds is 40. The van der Waals surface area contributed by atoms with Crippen molar-refractivity contribution in [2.24, 2.45) is 0 Å². The Bertz CT molecular complexity index is 1110. The predicted octanol–water partition coefficient (Wildman–Crippen LogP) is 0.948. The summed E-state index contributed by atoms with van der Waals surface area (Å²) < 4.78 is 20.9. The molecule has 3 atom stereocenters. The number of carboxylic acids is 3. The van der Waals surface area contributed by atoms with Gasteiger partial charge in [0.25, 0.3) is 0 Å². The molecule has 0 saturated carbocycles. The molecule has 3 amide bonds. The van der Waals surface area contributed by atoms with Gasteiger partial charge in [0.15, 0.2) is 12.5 Å². The molecule has 0 heterocycles. The third-order valence-electron chi connectivity index (χ3n) is 8.00. The van der Waals surface area contributed by atoms with E-state index in [4.69, 9.17) is 24.1 Å². The van der Waals surface area contributed by atoms with Crippen molar-refractivity contribution in [2.45, 2.75) is 121 Å². The summed E-state index contributed by atoms with van der Waals surface area (Å²) in [5.41, 5.74) is 0. The molecule has 0 aromatic heterocycles. The number of aldehydes is 2. The van der Waals surface area contributed by atoms with Gasteiger partial charge in [-0.25, -0.2) is 9.59 Å². The smallest absolute Gasteiger partial charge is 0.326 e. The van der Waals surface area contributed by atoms with Gasteiger partial charge in [-0.1, -0.05) is 51.4 Å². The van der Waals surface area contributed by atoms with E-state index in [1.54, 1.807) is 0 Å². The molecular weight excluding hydrogens is 728 g/mol. The molecule has 19 heteroatoms. The van der Waals surface area contributed by atoms with E-state index in [0.717, 1.165) is 51.4 Å². The molecule has 0 aliphatic carbocycles. The number of unbranched alkanes of at least 4 members (excludes halogenated alkanes) is 9. The number of amides is 3. The highest BCUT2D eigenvalue weighted by molar-refractivity contribution is 5.86. The van der Waals surface area contributed by atoms with Gasteiger partial charge < -0.3 is 55.0 Å². The van der Waals surface area contributed by atoms with Gasteiger partial charge in [-0.05, 0) is 25.7 Å². The number of carboxylic acid groups (broad SMARTS) is 3. The van der Waals surface area contributed by atoms with Gasteiger partial charge in [0.2, 0.25) is 17.7 Å². The van der Waals surface area contributed by atoms with Crippen molar-refractivity contribution in [3.8, 4) is 0 Å². The quantitative estimate of drug-likeness (QED) is 0.0258. The van der Waals surface area contributed by atoms with Crippen LogP contribution in [0.1, 0.15) is 103 Å². The standard InChI is InChI=1S/C36H62N4O15/c41-19-22-54-24-23-52-21-18-38-33(27-42)55-26-25-53-20-17-37-30(43)15-13-28(35(48)49)40-32(45)16-14-29(36(50)51)39-31(44)11-9-7-5-3-1-2-4-6-8-10-12-34(46)47/h19,27-29,33,38H,1-18,20-26H2,(H,37,43)(H,39,44)(H,40,45)(H,46,47)(H,48,49)(H,50,51)/t28-,29+,33?/m1/s1. The topological polar surface area (TPSA) is 282 Å². The van der Waals surface area contributed by atoms with Crippen molar-refractivity contribution in [1.82, 2.24) is 21.3 Å². The number of ether oxygens (including phenoxy) is 4. The van der Waals surface area contributed by atoms with Gasteiger partial charge in [0.05, 0.1) is 39.6 Å². The van der Waals surface area contributed by atoms with Crippen molar-refractivity contribution in [1.29, 1.82) is 0 Å². The lowest BCUT2D eigenvalue weighted by molar-refractivity contribution is -0.143. The number of hydrogen-bond donors (Lipinski definition) is 7. The lowest BCUT2D eigenvalue weighted by Gasteiger charge is -2.17. The van der Waals surface area contributed by atoms with Crippen LogP contribution in [0.3, 0.4) is 0 Å². The van der Waals surface area contributed by atoms with Gasteiger partial charge in [0, 0.05) is 38.8 Å². The maximum atomic E-state index is 12.4. The normalized spacial score (nSPS) is 12.6. The van der Waals surface area contributed by atoms with Crippen molar-refractivity contribution in [2.75, 3.05) is 59.3 Å². The second-order valence-corrected chi connectivity index (χ2v) is 12.6. The lowest BCUT2D eigenvalue weighted by atomic mass is 10.0. The minimum Gasteiger partial charge on any atom is -0.481 e. The maximum Gasteiger partial charge on any atom is 0.326 e. The molecule has 0 aromatic rings. The first-order valence-corrected chi connectivity index (χ1v) is 19.0. The van der Waals surface area contributed by atoms with Crippen LogP contribution in [0.4, 0.5) is 0 Å². The van der Waals surface area contributed by atoms with Gasteiger partial charge >= 0.3 is 17.9 Å². The van der Waals surface area contributed by atoms with Crippen molar-refractivity contribution in [3.63, 3.8) is 0 Å². The molecule has 0 rings (SSSR count). The van der Waals surface area contributed by atoms with Crippen LogP contribution < -0.4 is 21.3 Å².